The van der Waals surface area contributed by atoms with E-state index in [0.717, 1.165) is 6.07 Å². The third-order valence-corrected chi connectivity index (χ3v) is 3.11. The number of benzene rings is 2. The number of imidazole rings is 1. The molecule has 0 N–H and O–H groups in total. The number of fused-ring (bicyclic) bond motifs is 1. The second kappa shape index (κ2) is 4.67. The fraction of sp³-hybridized carbons (Fsp3) is 0.133. The first kappa shape index (κ1) is 12.7. The maximum atomic E-state index is 13.4. The lowest BCUT2D eigenvalue weighted by molar-refractivity contribution is 0.581. The molecule has 0 amide bonds. The summed E-state index contributed by atoms with van der Waals surface area (Å²) in [5, 5.41) is 0. The summed E-state index contributed by atoms with van der Waals surface area (Å²) in [6.07, 6.45) is 0.564. The van der Waals surface area contributed by atoms with Crippen LogP contribution in [0.5, 0.6) is 0 Å². The van der Waals surface area contributed by atoms with Gasteiger partial charge in [-0.1, -0.05) is 6.92 Å². The molecule has 0 saturated heterocycles. The number of nitrogens with zero attached hydrogens (tertiary/aromatic N) is 2. The van der Waals surface area contributed by atoms with Gasteiger partial charge in [0.2, 0.25) is 0 Å². The average Bonchev–Trinajstić information content (AvgIpc) is 2.75. The van der Waals surface area contributed by atoms with Crippen LogP contribution in [-0.4, -0.2) is 9.55 Å². The van der Waals surface area contributed by atoms with Crippen LogP contribution in [0.25, 0.3) is 16.7 Å². The summed E-state index contributed by atoms with van der Waals surface area (Å²) in [5.41, 5.74) is 1.38. The smallest absolute Gasteiger partial charge is 0.128 e. The number of halogens is 3. The molecule has 0 spiro atoms. The molecule has 3 rings (SSSR count). The van der Waals surface area contributed by atoms with Crippen molar-refractivity contribution in [3.63, 3.8) is 0 Å². The molecule has 0 aliphatic rings. The summed E-state index contributed by atoms with van der Waals surface area (Å²) >= 11 is 0. The van der Waals surface area contributed by atoms with Crippen LogP contribution >= 0.6 is 0 Å². The maximum Gasteiger partial charge on any atom is 0.128 e. The van der Waals surface area contributed by atoms with Gasteiger partial charge in [0.1, 0.15) is 23.3 Å². The lowest BCUT2D eigenvalue weighted by Gasteiger charge is -2.08. The Morgan fingerprint density at radius 3 is 2.30 bits per heavy atom. The molecule has 20 heavy (non-hydrogen) atoms. The number of hydrogen-bond acceptors (Lipinski definition) is 1. The van der Waals surface area contributed by atoms with E-state index in [-0.39, 0.29) is 0 Å². The minimum absolute atomic E-state index is 0.299. The van der Waals surface area contributed by atoms with Crippen molar-refractivity contribution in [3.8, 4) is 5.69 Å². The van der Waals surface area contributed by atoms with Crippen molar-refractivity contribution in [2.24, 2.45) is 0 Å². The van der Waals surface area contributed by atoms with E-state index in [1.807, 2.05) is 6.92 Å². The quantitative estimate of drug-likeness (QED) is 0.691. The van der Waals surface area contributed by atoms with Gasteiger partial charge < -0.3 is 0 Å². The molecule has 0 atom stereocenters. The fourth-order valence-electron chi connectivity index (χ4n) is 2.29. The van der Waals surface area contributed by atoms with E-state index in [2.05, 4.69) is 4.98 Å². The summed E-state index contributed by atoms with van der Waals surface area (Å²) in [4.78, 5) is 4.36. The monoisotopic (exact) mass is 276 g/mol. The van der Waals surface area contributed by atoms with E-state index < -0.39 is 17.5 Å². The Morgan fingerprint density at radius 1 is 0.950 bits per heavy atom. The molecule has 0 unspecified atom stereocenters. The molecule has 0 radical (unpaired) electrons. The van der Waals surface area contributed by atoms with E-state index in [1.54, 1.807) is 10.6 Å². The Bertz CT molecular complexity index is 773. The van der Waals surface area contributed by atoms with Crippen LogP contribution in [0.3, 0.4) is 0 Å². The molecule has 0 saturated carbocycles. The third kappa shape index (κ3) is 2.05. The molecule has 0 aliphatic heterocycles. The zero-order valence-electron chi connectivity index (χ0n) is 10.7. The highest BCUT2D eigenvalue weighted by molar-refractivity contribution is 5.78. The lowest BCUT2D eigenvalue weighted by Crippen LogP contribution is -2.01. The summed E-state index contributed by atoms with van der Waals surface area (Å²) in [7, 11) is 0. The van der Waals surface area contributed by atoms with E-state index >= 15 is 0 Å². The van der Waals surface area contributed by atoms with Crippen LogP contribution < -0.4 is 0 Å². The molecule has 0 aliphatic carbocycles. The van der Waals surface area contributed by atoms with Crippen molar-refractivity contribution >= 4 is 11.0 Å². The topological polar surface area (TPSA) is 17.8 Å². The molecule has 1 heterocycles. The molecule has 2 nitrogen and oxygen atoms in total. The van der Waals surface area contributed by atoms with Crippen LogP contribution in [0, 0.1) is 17.5 Å². The summed E-state index contributed by atoms with van der Waals surface area (Å²) in [6, 6.07) is 7.38. The number of aryl methyl sites for hydroxylation is 1. The first-order valence-electron chi connectivity index (χ1n) is 6.22. The van der Waals surface area contributed by atoms with Gasteiger partial charge in [-0.15, -0.1) is 0 Å². The second-order valence-corrected chi connectivity index (χ2v) is 4.48. The van der Waals surface area contributed by atoms with Gasteiger partial charge in [-0.25, -0.2) is 18.2 Å². The van der Waals surface area contributed by atoms with Crippen LogP contribution in [0.4, 0.5) is 13.2 Å². The zero-order chi connectivity index (χ0) is 14.3. The van der Waals surface area contributed by atoms with Crippen molar-refractivity contribution in [3.05, 3.63) is 59.7 Å². The maximum absolute atomic E-state index is 13.4. The standard InChI is InChI=1S/C15H11F3N2/c1-2-15-19-13-4-3-9(16)8-14(13)20(15)12-6-10(17)5-11(18)7-12/h3-8H,2H2,1H3. The summed E-state index contributed by atoms with van der Waals surface area (Å²) in [6.45, 7) is 1.88. The highest BCUT2D eigenvalue weighted by atomic mass is 19.1. The van der Waals surface area contributed by atoms with Crippen LogP contribution in [0.15, 0.2) is 36.4 Å². The molecular weight excluding hydrogens is 265 g/mol. The largest absolute Gasteiger partial charge is 0.296 e. The Balaban J connectivity index is 2.35. The normalized spacial score (nSPS) is 11.2. The zero-order valence-corrected chi connectivity index (χ0v) is 10.7. The van der Waals surface area contributed by atoms with Crippen molar-refractivity contribution < 1.29 is 13.2 Å². The molecule has 2 aromatic carbocycles. The van der Waals surface area contributed by atoms with E-state index in [1.165, 1.54) is 24.3 Å². The van der Waals surface area contributed by atoms with Crippen molar-refractivity contribution in [1.29, 1.82) is 0 Å². The van der Waals surface area contributed by atoms with E-state index in [0.29, 0.717) is 29.0 Å². The minimum atomic E-state index is -0.680. The predicted molar refractivity (Wildman–Crippen MR) is 70.3 cm³/mol. The van der Waals surface area contributed by atoms with Crippen molar-refractivity contribution in [1.82, 2.24) is 9.55 Å². The van der Waals surface area contributed by atoms with Gasteiger partial charge in [-0.2, -0.15) is 0 Å². The van der Waals surface area contributed by atoms with Crippen molar-refractivity contribution in [2.75, 3.05) is 0 Å². The summed E-state index contributed by atoms with van der Waals surface area (Å²) in [5.74, 6) is -1.16. The highest BCUT2D eigenvalue weighted by Crippen LogP contribution is 2.24. The molecular formula is C15H11F3N2. The van der Waals surface area contributed by atoms with Gasteiger partial charge in [-0.05, 0) is 24.3 Å². The van der Waals surface area contributed by atoms with Crippen molar-refractivity contribution in [2.45, 2.75) is 13.3 Å². The Labute approximate surface area is 113 Å². The minimum Gasteiger partial charge on any atom is -0.296 e. The van der Waals surface area contributed by atoms with Crippen LogP contribution in [0.2, 0.25) is 0 Å². The first-order chi connectivity index (χ1) is 9.58. The number of aromatic nitrogens is 2. The Hall–Kier alpha value is -2.30. The summed E-state index contributed by atoms with van der Waals surface area (Å²) < 4.78 is 41.8. The molecule has 5 heteroatoms. The van der Waals surface area contributed by atoms with Gasteiger partial charge in [0.15, 0.2) is 0 Å². The van der Waals surface area contributed by atoms with Gasteiger partial charge >= 0.3 is 0 Å². The van der Waals surface area contributed by atoms with Gasteiger partial charge in [0.25, 0.3) is 0 Å². The van der Waals surface area contributed by atoms with E-state index in [4.69, 9.17) is 0 Å². The SMILES string of the molecule is CCc1nc2ccc(F)cc2n1-c1cc(F)cc(F)c1. The molecule has 1 aromatic heterocycles. The molecule has 0 fully saturated rings. The first-order valence-corrected chi connectivity index (χ1v) is 6.22. The fourth-order valence-corrected chi connectivity index (χ4v) is 2.29. The number of rotatable bonds is 2. The predicted octanol–water partition coefficient (Wildman–Crippen LogP) is 4.01. The average molecular weight is 276 g/mol. The van der Waals surface area contributed by atoms with Gasteiger partial charge in [0.05, 0.1) is 16.7 Å². The third-order valence-electron chi connectivity index (χ3n) is 3.11. The molecule has 3 aromatic rings. The highest BCUT2D eigenvalue weighted by Gasteiger charge is 2.13. The molecule has 102 valence electrons. The van der Waals surface area contributed by atoms with E-state index in [9.17, 15) is 13.2 Å². The van der Waals surface area contributed by atoms with Crippen LogP contribution in [-0.2, 0) is 6.42 Å². The number of hydrogen-bond donors (Lipinski definition) is 0. The second-order valence-electron chi connectivity index (χ2n) is 4.48. The van der Waals surface area contributed by atoms with Gasteiger partial charge in [-0.3, -0.25) is 4.57 Å². The van der Waals surface area contributed by atoms with Gasteiger partial charge in [0, 0.05) is 18.6 Å². The lowest BCUT2D eigenvalue weighted by atomic mass is 10.2. The van der Waals surface area contributed by atoms with Crippen LogP contribution in [0.1, 0.15) is 12.7 Å². The Morgan fingerprint density at radius 2 is 1.65 bits per heavy atom. The molecule has 0 bridgehead atoms. The Kier molecular flexibility index (Phi) is 2.97.